The number of aryl methyl sites for hydroxylation is 1. The molecule has 0 unspecified atom stereocenters. The summed E-state index contributed by atoms with van der Waals surface area (Å²) in [6.07, 6.45) is 4.00. The topological polar surface area (TPSA) is 129 Å². The van der Waals surface area contributed by atoms with E-state index in [-0.39, 0.29) is 4.90 Å². The minimum Gasteiger partial charge on any atom is -0.437 e. The Kier molecular flexibility index (Phi) is 8.77. The largest absolute Gasteiger partial charge is 0.513 e. The zero-order valence-corrected chi connectivity index (χ0v) is 24.4. The van der Waals surface area contributed by atoms with Gasteiger partial charge in [-0.1, -0.05) is 61.9 Å². The Balaban J connectivity index is 1.42. The molecule has 0 aliphatic heterocycles. The van der Waals surface area contributed by atoms with Crippen LogP contribution < -0.4 is 14.8 Å². The number of nitrogens with one attached hydrogen (secondary N) is 2. The molecule has 2 N–H and O–H groups in total. The first-order chi connectivity index (χ1) is 20.3. The maximum Gasteiger partial charge on any atom is 0.513 e. The fourth-order valence-corrected chi connectivity index (χ4v) is 5.95. The molecule has 0 atom stereocenters. The van der Waals surface area contributed by atoms with E-state index < -0.39 is 22.2 Å². The number of urea groups is 1. The van der Waals surface area contributed by atoms with Crippen LogP contribution in [-0.2, 0) is 27.7 Å². The number of fused-ring (bicyclic) bond motifs is 1. The number of para-hydroxylation sites is 1. The molecule has 0 saturated heterocycles. The van der Waals surface area contributed by atoms with E-state index in [2.05, 4.69) is 17.0 Å². The average molecular weight is 591 g/mol. The van der Waals surface area contributed by atoms with E-state index in [9.17, 15) is 18.0 Å². The van der Waals surface area contributed by atoms with Crippen molar-refractivity contribution >= 4 is 33.2 Å². The number of ether oxygens (including phenoxy) is 2. The summed E-state index contributed by atoms with van der Waals surface area (Å²) >= 11 is 0. The van der Waals surface area contributed by atoms with Crippen molar-refractivity contribution in [3.63, 3.8) is 0 Å². The summed E-state index contributed by atoms with van der Waals surface area (Å²) in [5.41, 5.74) is 3.53. The standard InChI is InChI=1S/C31H34N4O6S/c1-3-4-12-28-33-25-9-7-10-26(41-31(37)40-2)29(25)35(28)20-22-15-17-23(18-16-22)24-8-5-6-11-27(24)42(38,39)34-30(36)32-19-21-13-14-21/h5-11,15-18,21H,3-4,12-14,19-20H2,1-2H3,(H2,32,34,36). The lowest BCUT2D eigenvalue weighted by Gasteiger charge is -2.14. The minimum atomic E-state index is -4.10. The van der Waals surface area contributed by atoms with Gasteiger partial charge in [0, 0.05) is 25.1 Å². The van der Waals surface area contributed by atoms with Crippen molar-refractivity contribution in [2.75, 3.05) is 13.7 Å². The van der Waals surface area contributed by atoms with Crippen molar-refractivity contribution < 1.29 is 27.5 Å². The Labute approximate surface area is 245 Å². The highest BCUT2D eigenvalue weighted by Gasteiger charge is 2.25. The zero-order valence-electron chi connectivity index (χ0n) is 23.6. The predicted octanol–water partition coefficient (Wildman–Crippen LogP) is 5.64. The van der Waals surface area contributed by atoms with Gasteiger partial charge >= 0.3 is 12.2 Å². The normalized spacial score (nSPS) is 13.1. The maximum atomic E-state index is 13.1. The van der Waals surface area contributed by atoms with Gasteiger partial charge in [0.15, 0.2) is 5.75 Å². The van der Waals surface area contributed by atoms with Crippen LogP contribution in [0.3, 0.4) is 0 Å². The van der Waals surface area contributed by atoms with Gasteiger partial charge in [-0.15, -0.1) is 0 Å². The summed E-state index contributed by atoms with van der Waals surface area (Å²) in [4.78, 5) is 29.0. The van der Waals surface area contributed by atoms with Crippen LogP contribution in [0.2, 0.25) is 0 Å². The fourth-order valence-electron chi connectivity index (χ4n) is 4.79. The molecule has 1 aliphatic carbocycles. The highest BCUT2D eigenvalue weighted by atomic mass is 32.2. The number of aromatic nitrogens is 2. The second-order valence-electron chi connectivity index (χ2n) is 10.3. The van der Waals surface area contributed by atoms with Crippen LogP contribution in [-0.4, -0.2) is 43.8 Å². The fraction of sp³-hybridized carbons (Fsp3) is 0.323. The predicted molar refractivity (Wildman–Crippen MR) is 159 cm³/mol. The summed E-state index contributed by atoms with van der Waals surface area (Å²) in [6, 6.07) is 18.8. The third-order valence-electron chi connectivity index (χ3n) is 7.18. The molecule has 1 heterocycles. The van der Waals surface area contributed by atoms with Gasteiger partial charge in [-0.3, -0.25) is 0 Å². The summed E-state index contributed by atoms with van der Waals surface area (Å²) < 4.78 is 40.6. The minimum absolute atomic E-state index is 0.0198. The molecular formula is C31H34N4O6S. The number of carbonyl (C=O) groups is 2. The van der Waals surface area contributed by atoms with Gasteiger partial charge in [0.2, 0.25) is 0 Å². The molecule has 1 aromatic heterocycles. The number of unbranched alkanes of at least 4 members (excludes halogenated alkanes) is 1. The van der Waals surface area contributed by atoms with Crippen molar-refractivity contribution in [2.45, 2.75) is 50.5 Å². The molecule has 1 saturated carbocycles. The first kappa shape index (κ1) is 29.1. The van der Waals surface area contributed by atoms with Crippen LogP contribution >= 0.6 is 0 Å². The summed E-state index contributed by atoms with van der Waals surface area (Å²) in [7, 11) is -2.84. The van der Waals surface area contributed by atoms with Gasteiger partial charge in [-0.2, -0.15) is 0 Å². The Bertz CT molecular complexity index is 1690. The van der Waals surface area contributed by atoms with E-state index in [4.69, 9.17) is 14.5 Å². The second-order valence-corrected chi connectivity index (χ2v) is 12.0. The quantitative estimate of drug-likeness (QED) is 0.171. The number of nitrogens with zero attached hydrogens (tertiary/aromatic N) is 2. The van der Waals surface area contributed by atoms with Crippen molar-refractivity contribution in [1.29, 1.82) is 0 Å². The first-order valence-corrected chi connectivity index (χ1v) is 15.5. The monoisotopic (exact) mass is 590 g/mol. The lowest BCUT2D eigenvalue weighted by Crippen LogP contribution is -2.40. The third kappa shape index (κ3) is 6.73. The Morgan fingerprint density at radius 1 is 1.02 bits per heavy atom. The molecule has 1 fully saturated rings. The van der Waals surface area contributed by atoms with Gasteiger partial charge in [-0.25, -0.2) is 27.7 Å². The van der Waals surface area contributed by atoms with Crippen molar-refractivity contribution in [1.82, 2.24) is 19.6 Å². The number of methoxy groups -OCH3 is 1. The zero-order chi connectivity index (χ0) is 29.7. The van der Waals surface area contributed by atoms with E-state index in [1.54, 1.807) is 30.3 Å². The molecule has 0 radical (unpaired) electrons. The Morgan fingerprint density at radius 3 is 2.50 bits per heavy atom. The molecule has 220 valence electrons. The highest BCUT2D eigenvalue weighted by Crippen LogP contribution is 2.31. The third-order valence-corrected chi connectivity index (χ3v) is 8.57. The van der Waals surface area contributed by atoms with E-state index in [1.165, 1.54) is 13.2 Å². The van der Waals surface area contributed by atoms with Crippen LogP contribution in [0.5, 0.6) is 5.75 Å². The SMILES string of the molecule is CCCCc1nc2cccc(OC(=O)OC)c2n1Cc1ccc(-c2ccccc2S(=O)(=O)NC(=O)NCC2CC2)cc1. The van der Waals surface area contributed by atoms with E-state index >= 15 is 0 Å². The van der Waals surface area contributed by atoms with Gasteiger partial charge in [0.25, 0.3) is 10.0 Å². The number of amides is 2. The number of carbonyl (C=O) groups excluding carboxylic acids is 2. The van der Waals surface area contributed by atoms with Gasteiger partial charge in [0.1, 0.15) is 11.3 Å². The summed E-state index contributed by atoms with van der Waals surface area (Å²) in [5.74, 6) is 1.66. The molecule has 11 heteroatoms. The van der Waals surface area contributed by atoms with Gasteiger partial charge < -0.3 is 19.4 Å². The van der Waals surface area contributed by atoms with Crippen molar-refractivity contribution in [2.24, 2.45) is 5.92 Å². The smallest absolute Gasteiger partial charge is 0.437 e. The number of hydrogen-bond donors (Lipinski definition) is 2. The average Bonchev–Trinajstić information content (AvgIpc) is 3.76. The number of hydrogen-bond acceptors (Lipinski definition) is 7. The van der Waals surface area contributed by atoms with Crippen LogP contribution in [0.25, 0.3) is 22.2 Å². The molecule has 3 aromatic carbocycles. The van der Waals surface area contributed by atoms with Crippen molar-refractivity contribution in [3.8, 4) is 16.9 Å². The molecule has 0 bridgehead atoms. The van der Waals surface area contributed by atoms with Gasteiger partial charge in [0.05, 0.1) is 17.5 Å². The summed E-state index contributed by atoms with van der Waals surface area (Å²) in [6.45, 7) is 3.04. The second kappa shape index (κ2) is 12.6. The Morgan fingerprint density at radius 2 is 1.79 bits per heavy atom. The van der Waals surface area contributed by atoms with Crippen molar-refractivity contribution in [3.05, 3.63) is 78.1 Å². The lowest BCUT2D eigenvalue weighted by atomic mass is 10.0. The molecule has 0 spiro atoms. The highest BCUT2D eigenvalue weighted by molar-refractivity contribution is 7.90. The van der Waals surface area contributed by atoms with E-state index in [1.807, 2.05) is 34.9 Å². The first-order valence-electron chi connectivity index (χ1n) is 14.0. The lowest BCUT2D eigenvalue weighted by molar-refractivity contribution is 0.122. The molecular weight excluding hydrogens is 556 g/mol. The Hall–Kier alpha value is -4.38. The molecule has 1 aliphatic rings. The van der Waals surface area contributed by atoms with Crippen LogP contribution in [0.1, 0.15) is 44.0 Å². The summed E-state index contributed by atoms with van der Waals surface area (Å²) in [5, 5.41) is 2.63. The van der Waals surface area contributed by atoms with Crippen LogP contribution in [0.4, 0.5) is 9.59 Å². The molecule has 10 nitrogen and oxygen atoms in total. The molecule has 42 heavy (non-hydrogen) atoms. The van der Waals surface area contributed by atoms with Crippen LogP contribution in [0.15, 0.2) is 71.6 Å². The molecule has 5 rings (SSSR count). The van der Waals surface area contributed by atoms with Crippen LogP contribution in [0, 0.1) is 5.92 Å². The number of rotatable bonds is 11. The van der Waals surface area contributed by atoms with Gasteiger partial charge in [-0.05, 0) is 54.5 Å². The number of benzene rings is 3. The van der Waals surface area contributed by atoms with E-state index in [0.29, 0.717) is 46.9 Å². The van der Waals surface area contributed by atoms with E-state index in [0.717, 1.165) is 43.5 Å². The number of imidazole rings is 1. The molecule has 4 aromatic rings. The number of sulfonamides is 1. The molecule has 2 amide bonds. The maximum absolute atomic E-state index is 13.1.